The fraction of sp³-hybridized carbons (Fsp3) is 1.00. The van der Waals surface area contributed by atoms with Gasteiger partial charge in [0.2, 0.25) is 0 Å². The molecule has 1 aliphatic carbocycles. The Labute approximate surface area is 119 Å². The van der Waals surface area contributed by atoms with Crippen LogP contribution in [0.5, 0.6) is 0 Å². The van der Waals surface area contributed by atoms with E-state index in [0.717, 1.165) is 17.9 Å². The molecule has 1 saturated heterocycles. The van der Waals surface area contributed by atoms with E-state index in [-0.39, 0.29) is 0 Å². The number of nitrogens with one attached hydrogen (secondary N) is 1. The van der Waals surface area contributed by atoms with Gasteiger partial charge in [0.1, 0.15) is 0 Å². The minimum absolute atomic E-state index is 0.774. The minimum Gasteiger partial charge on any atom is -0.314 e. The van der Waals surface area contributed by atoms with Crippen LogP contribution in [0.1, 0.15) is 39.5 Å². The van der Waals surface area contributed by atoms with Crippen LogP contribution in [0, 0.1) is 11.8 Å². The Hall–Kier alpha value is -0.120. The van der Waals surface area contributed by atoms with Crippen LogP contribution < -0.4 is 5.32 Å². The second kappa shape index (κ2) is 7.61. The van der Waals surface area contributed by atoms with Gasteiger partial charge in [-0.15, -0.1) is 0 Å². The van der Waals surface area contributed by atoms with E-state index in [2.05, 4.69) is 36.0 Å². The maximum atomic E-state index is 3.81. The van der Waals surface area contributed by atoms with Gasteiger partial charge >= 0.3 is 0 Å². The van der Waals surface area contributed by atoms with Crippen molar-refractivity contribution in [3.8, 4) is 0 Å². The minimum atomic E-state index is 0.774. The molecule has 2 fully saturated rings. The lowest BCUT2D eigenvalue weighted by Crippen LogP contribution is -2.46. The molecule has 3 nitrogen and oxygen atoms in total. The van der Waals surface area contributed by atoms with Gasteiger partial charge in [-0.05, 0) is 44.8 Å². The zero-order valence-corrected chi connectivity index (χ0v) is 13.2. The monoisotopic (exact) mass is 267 g/mol. The zero-order valence-electron chi connectivity index (χ0n) is 13.2. The van der Waals surface area contributed by atoms with Crippen molar-refractivity contribution >= 4 is 0 Å². The lowest BCUT2D eigenvalue weighted by molar-refractivity contribution is 0.150. The topological polar surface area (TPSA) is 18.5 Å². The smallest absolute Gasteiger partial charge is 0.0110 e. The second-order valence-electron chi connectivity index (χ2n) is 6.83. The summed E-state index contributed by atoms with van der Waals surface area (Å²) in [5, 5.41) is 3.81. The molecule has 112 valence electrons. The summed E-state index contributed by atoms with van der Waals surface area (Å²) in [5.74, 6) is 1.77. The molecule has 3 heteroatoms. The van der Waals surface area contributed by atoms with Crippen LogP contribution in [-0.2, 0) is 0 Å². The summed E-state index contributed by atoms with van der Waals surface area (Å²) in [6.07, 6.45) is 5.55. The molecule has 1 saturated carbocycles. The predicted octanol–water partition coefficient (Wildman–Crippen LogP) is 2.04. The number of hydrogen-bond donors (Lipinski definition) is 1. The van der Waals surface area contributed by atoms with Crippen LogP contribution in [0.15, 0.2) is 0 Å². The average molecular weight is 267 g/mol. The van der Waals surface area contributed by atoms with Crippen LogP contribution in [0.25, 0.3) is 0 Å². The lowest BCUT2D eigenvalue weighted by atomic mass is 9.78. The highest BCUT2D eigenvalue weighted by Crippen LogP contribution is 2.29. The van der Waals surface area contributed by atoms with Gasteiger partial charge in [0, 0.05) is 32.2 Å². The van der Waals surface area contributed by atoms with Gasteiger partial charge in [-0.25, -0.2) is 0 Å². The molecule has 2 aliphatic rings. The van der Waals surface area contributed by atoms with E-state index in [4.69, 9.17) is 0 Å². The van der Waals surface area contributed by atoms with E-state index in [1.165, 1.54) is 65.0 Å². The molecule has 2 rings (SSSR count). The van der Waals surface area contributed by atoms with Crippen LogP contribution in [0.2, 0.25) is 0 Å². The molecule has 0 spiro atoms. The fourth-order valence-electron chi connectivity index (χ4n) is 3.53. The van der Waals surface area contributed by atoms with E-state index in [1.54, 1.807) is 0 Å². The van der Waals surface area contributed by atoms with Gasteiger partial charge in [0.25, 0.3) is 0 Å². The van der Waals surface area contributed by atoms with Gasteiger partial charge in [-0.2, -0.15) is 0 Å². The summed E-state index contributed by atoms with van der Waals surface area (Å²) in [5.41, 5.74) is 0. The summed E-state index contributed by atoms with van der Waals surface area (Å²) >= 11 is 0. The first kappa shape index (κ1) is 15.3. The standard InChI is InChI=1S/C16H33N3/c1-14-6-4-7-16(15(14)2)17-8-5-9-19-12-10-18(3)11-13-19/h14-17H,4-13H2,1-3H3. The third kappa shape index (κ3) is 4.73. The second-order valence-corrected chi connectivity index (χ2v) is 6.83. The summed E-state index contributed by atoms with van der Waals surface area (Å²) in [7, 11) is 2.23. The molecule has 0 radical (unpaired) electrons. The molecule has 1 heterocycles. The number of hydrogen-bond acceptors (Lipinski definition) is 3. The van der Waals surface area contributed by atoms with E-state index in [1.807, 2.05) is 0 Å². The Bertz CT molecular complexity index is 248. The van der Waals surface area contributed by atoms with E-state index in [0.29, 0.717) is 0 Å². The number of piperazine rings is 1. The SMILES string of the molecule is CC1CCCC(NCCCN2CCN(C)CC2)C1C. The van der Waals surface area contributed by atoms with Gasteiger partial charge in [0.15, 0.2) is 0 Å². The summed E-state index contributed by atoms with van der Waals surface area (Å²) in [6.45, 7) is 12.3. The predicted molar refractivity (Wildman–Crippen MR) is 82.5 cm³/mol. The third-order valence-electron chi connectivity index (χ3n) is 5.36. The Morgan fingerprint density at radius 1 is 1.05 bits per heavy atom. The molecule has 0 amide bonds. The fourth-order valence-corrected chi connectivity index (χ4v) is 3.53. The molecule has 3 atom stereocenters. The van der Waals surface area contributed by atoms with E-state index < -0.39 is 0 Å². The van der Waals surface area contributed by atoms with Crippen molar-refractivity contribution in [3.63, 3.8) is 0 Å². The summed E-state index contributed by atoms with van der Waals surface area (Å²) in [4.78, 5) is 5.05. The first-order valence-corrected chi connectivity index (χ1v) is 8.31. The maximum Gasteiger partial charge on any atom is 0.0110 e. The van der Waals surface area contributed by atoms with E-state index in [9.17, 15) is 0 Å². The largest absolute Gasteiger partial charge is 0.314 e. The molecule has 0 aromatic carbocycles. The van der Waals surface area contributed by atoms with Gasteiger partial charge < -0.3 is 15.1 Å². The van der Waals surface area contributed by atoms with Crippen LogP contribution >= 0.6 is 0 Å². The van der Waals surface area contributed by atoms with Crippen molar-refractivity contribution < 1.29 is 0 Å². The highest BCUT2D eigenvalue weighted by molar-refractivity contribution is 4.82. The highest BCUT2D eigenvalue weighted by atomic mass is 15.2. The number of likely N-dealkylation sites (N-methyl/N-ethyl adjacent to an activating group) is 1. The third-order valence-corrected chi connectivity index (χ3v) is 5.36. The van der Waals surface area contributed by atoms with Crippen LogP contribution in [-0.4, -0.2) is 62.2 Å². The van der Waals surface area contributed by atoms with Crippen molar-refractivity contribution in [2.75, 3.05) is 46.3 Å². The zero-order chi connectivity index (χ0) is 13.7. The summed E-state index contributed by atoms with van der Waals surface area (Å²) in [6, 6.07) is 0.774. The van der Waals surface area contributed by atoms with Crippen LogP contribution in [0.3, 0.4) is 0 Å². The van der Waals surface area contributed by atoms with E-state index >= 15 is 0 Å². The van der Waals surface area contributed by atoms with Crippen molar-refractivity contribution in [3.05, 3.63) is 0 Å². The first-order valence-electron chi connectivity index (χ1n) is 8.31. The average Bonchev–Trinajstić information content (AvgIpc) is 2.41. The molecule has 0 bridgehead atoms. The van der Waals surface area contributed by atoms with Crippen LogP contribution in [0.4, 0.5) is 0 Å². The molecule has 19 heavy (non-hydrogen) atoms. The Kier molecular flexibility index (Phi) is 6.11. The molecule has 1 N–H and O–H groups in total. The van der Waals surface area contributed by atoms with Gasteiger partial charge in [-0.3, -0.25) is 0 Å². The molecule has 1 aliphatic heterocycles. The Morgan fingerprint density at radius 2 is 1.79 bits per heavy atom. The molecular formula is C16H33N3. The molecular weight excluding hydrogens is 234 g/mol. The van der Waals surface area contributed by atoms with Crippen molar-refractivity contribution in [2.45, 2.75) is 45.6 Å². The quantitative estimate of drug-likeness (QED) is 0.769. The lowest BCUT2D eigenvalue weighted by Gasteiger charge is -2.35. The van der Waals surface area contributed by atoms with Crippen molar-refractivity contribution in [1.82, 2.24) is 15.1 Å². The van der Waals surface area contributed by atoms with Crippen molar-refractivity contribution in [1.29, 1.82) is 0 Å². The Balaban J connectivity index is 1.56. The molecule has 3 unspecified atom stereocenters. The molecule has 0 aromatic heterocycles. The van der Waals surface area contributed by atoms with Gasteiger partial charge in [-0.1, -0.05) is 26.7 Å². The van der Waals surface area contributed by atoms with Crippen molar-refractivity contribution in [2.24, 2.45) is 11.8 Å². The summed E-state index contributed by atoms with van der Waals surface area (Å²) < 4.78 is 0. The first-order chi connectivity index (χ1) is 9.16. The molecule has 0 aromatic rings. The number of rotatable bonds is 5. The maximum absolute atomic E-state index is 3.81. The number of nitrogens with zero attached hydrogens (tertiary/aromatic N) is 2. The van der Waals surface area contributed by atoms with Gasteiger partial charge in [0.05, 0.1) is 0 Å². The Morgan fingerprint density at radius 3 is 2.53 bits per heavy atom. The highest BCUT2D eigenvalue weighted by Gasteiger charge is 2.26. The normalized spacial score (nSPS) is 34.6.